The van der Waals surface area contributed by atoms with Gasteiger partial charge < -0.3 is 20.5 Å². The van der Waals surface area contributed by atoms with Crippen molar-refractivity contribution in [3.63, 3.8) is 0 Å². The van der Waals surface area contributed by atoms with Crippen LogP contribution in [0.2, 0.25) is 0 Å². The predicted molar refractivity (Wildman–Crippen MR) is 114 cm³/mol. The maximum atomic E-state index is 11.9. The Morgan fingerprint density at radius 1 is 1.31 bits per heavy atom. The number of hydrogen-bond donors (Lipinski definition) is 2. The lowest BCUT2D eigenvalue weighted by molar-refractivity contribution is 0.100. The molecule has 0 bridgehead atoms. The van der Waals surface area contributed by atoms with Gasteiger partial charge in [-0.2, -0.15) is 0 Å². The molecule has 3 aromatic rings. The monoisotopic (exact) mass is 411 g/mol. The van der Waals surface area contributed by atoms with Crippen LogP contribution in [-0.2, 0) is 0 Å². The Bertz CT molecular complexity index is 1090. The molecule has 1 aromatic carbocycles. The van der Waals surface area contributed by atoms with E-state index in [1.807, 2.05) is 16.7 Å². The number of pyridine rings is 1. The number of carbonyl (C=O) groups is 1. The van der Waals surface area contributed by atoms with Crippen LogP contribution in [0.1, 0.15) is 16.8 Å². The molecule has 1 atom stereocenters. The molecule has 0 spiro atoms. The van der Waals surface area contributed by atoms with E-state index in [0.717, 1.165) is 17.5 Å². The summed E-state index contributed by atoms with van der Waals surface area (Å²) in [6.45, 7) is 0.685. The van der Waals surface area contributed by atoms with E-state index in [0.29, 0.717) is 40.5 Å². The van der Waals surface area contributed by atoms with Crippen molar-refractivity contribution in [3.05, 3.63) is 47.6 Å². The Balaban J connectivity index is 1.72. The number of nitrogens with two attached hydrogens (primary N) is 1. The molecule has 1 amide bonds. The van der Waals surface area contributed by atoms with Crippen LogP contribution in [0.15, 0.2) is 42.1 Å². The summed E-state index contributed by atoms with van der Waals surface area (Å²) < 4.78 is 12.6. The lowest BCUT2D eigenvalue weighted by Gasteiger charge is -2.15. The number of benzene rings is 1. The Kier molecular flexibility index (Phi) is 5.30. The minimum absolute atomic E-state index is 0.355. The first kappa shape index (κ1) is 19.1. The van der Waals surface area contributed by atoms with Gasteiger partial charge in [0, 0.05) is 23.9 Å². The van der Waals surface area contributed by atoms with Gasteiger partial charge in [-0.15, -0.1) is 11.8 Å². The number of anilines is 1. The van der Waals surface area contributed by atoms with Crippen molar-refractivity contribution in [2.45, 2.75) is 11.7 Å². The minimum Gasteiger partial charge on any atom is -0.493 e. The summed E-state index contributed by atoms with van der Waals surface area (Å²) in [7, 11) is 3.17. The second-order valence-corrected chi connectivity index (χ2v) is 7.70. The van der Waals surface area contributed by atoms with Crippen molar-refractivity contribution in [2.75, 3.05) is 26.1 Å². The molecule has 1 aliphatic heterocycles. The quantitative estimate of drug-likeness (QED) is 0.616. The highest BCUT2D eigenvalue weighted by atomic mass is 32.2. The number of thioether (sulfide) groups is 1. The average molecular weight is 411 g/mol. The fourth-order valence-electron chi connectivity index (χ4n) is 3.21. The number of amides is 1. The Hall–Kier alpha value is -3.20. The molecule has 0 saturated carbocycles. The number of allylic oxidation sites excluding steroid dienone is 1. The van der Waals surface area contributed by atoms with Crippen LogP contribution < -0.4 is 20.5 Å². The molecule has 8 nitrogen and oxygen atoms in total. The molecule has 2 aromatic heterocycles. The topological polar surface area (TPSA) is 104 Å². The molecule has 0 saturated heterocycles. The van der Waals surface area contributed by atoms with Crippen LogP contribution in [0.4, 0.5) is 5.82 Å². The van der Waals surface area contributed by atoms with Gasteiger partial charge in [0.1, 0.15) is 18.0 Å². The lowest BCUT2D eigenvalue weighted by Crippen LogP contribution is -2.20. The van der Waals surface area contributed by atoms with Crippen LogP contribution >= 0.6 is 11.8 Å². The van der Waals surface area contributed by atoms with Gasteiger partial charge in [-0.3, -0.25) is 9.36 Å². The lowest BCUT2D eigenvalue weighted by atomic mass is 10.2. The number of nitrogens with zero attached hydrogens (tertiary/aromatic N) is 3. The molecule has 150 valence electrons. The molecular formula is C20H21N5O3S. The van der Waals surface area contributed by atoms with E-state index in [1.165, 1.54) is 0 Å². The second kappa shape index (κ2) is 8.04. The maximum absolute atomic E-state index is 11.9. The fourth-order valence-corrected chi connectivity index (χ4v) is 4.05. The van der Waals surface area contributed by atoms with Gasteiger partial charge in [-0.25, -0.2) is 9.97 Å². The number of ether oxygens (including phenoxy) is 2. The standard InChI is InChI=1S/C20H21N5O3S/c1-27-16-8-14-15(9-17(16)28-2)25(11-23-14)18-6-5-13(19(21)26)20(24-18)22-10-12-4-3-7-29-12/h3,5-9,11-12H,4,10H2,1-2H3,(H2,21,26)(H,22,24). The van der Waals surface area contributed by atoms with E-state index in [-0.39, 0.29) is 0 Å². The number of primary amides is 1. The first-order valence-corrected chi connectivity index (χ1v) is 9.99. The zero-order valence-corrected chi connectivity index (χ0v) is 16.9. The van der Waals surface area contributed by atoms with E-state index >= 15 is 0 Å². The first-order chi connectivity index (χ1) is 14.1. The second-order valence-electron chi connectivity index (χ2n) is 6.49. The largest absolute Gasteiger partial charge is 0.493 e. The van der Waals surface area contributed by atoms with E-state index < -0.39 is 5.91 Å². The zero-order chi connectivity index (χ0) is 20.4. The molecule has 0 fully saturated rings. The molecule has 0 radical (unpaired) electrons. The number of aromatic nitrogens is 3. The Morgan fingerprint density at radius 2 is 2.10 bits per heavy atom. The van der Waals surface area contributed by atoms with Crippen LogP contribution in [0.25, 0.3) is 16.9 Å². The summed E-state index contributed by atoms with van der Waals surface area (Å²) in [4.78, 5) is 21.0. The summed E-state index contributed by atoms with van der Waals surface area (Å²) in [5.74, 6) is 1.76. The van der Waals surface area contributed by atoms with Crippen molar-refractivity contribution in [1.29, 1.82) is 0 Å². The van der Waals surface area contributed by atoms with Crippen molar-refractivity contribution in [3.8, 4) is 17.3 Å². The third kappa shape index (κ3) is 3.73. The molecule has 29 heavy (non-hydrogen) atoms. The normalized spacial score (nSPS) is 15.6. The number of imidazole rings is 1. The molecule has 0 aliphatic carbocycles. The number of rotatable bonds is 7. The van der Waals surface area contributed by atoms with E-state index in [9.17, 15) is 4.79 Å². The van der Waals surface area contributed by atoms with Gasteiger partial charge in [0.2, 0.25) is 0 Å². The van der Waals surface area contributed by atoms with Crippen molar-refractivity contribution >= 4 is 34.5 Å². The van der Waals surface area contributed by atoms with Crippen LogP contribution in [0.5, 0.6) is 11.5 Å². The van der Waals surface area contributed by atoms with E-state index in [1.54, 1.807) is 44.4 Å². The van der Waals surface area contributed by atoms with Crippen molar-refractivity contribution in [2.24, 2.45) is 5.73 Å². The number of carbonyl (C=O) groups excluding carboxylic acids is 1. The van der Waals surface area contributed by atoms with Gasteiger partial charge in [0.05, 0.1) is 30.8 Å². The van der Waals surface area contributed by atoms with Crippen LogP contribution in [0, 0.1) is 0 Å². The Morgan fingerprint density at radius 3 is 2.79 bits per heavy atom. The molecule has 1 aliphatic rings. The van der Waals surface area contributed by atoms with E-state index in [2.05, 4.69) is 26.8 Å². The number of fused-ring (bicyclic) bond motifs is 1. The molecular weight excluding hydrogens is 390 g/mol. The predicted octanol–water partition coefficient (Wildman–Crippen LogP) is 2.97. The van der Waals surface area contributed by atoms with Gasteiger partial charge in [-0.1, -0.05) is 6.08 Å². The van der Waals surface area contributed by atoms with Gasteiger partial charge >= 0.3 is 0 Å². The SMILES string of the molecule is COc1cc2ncn(-c3ccc(C(N)=O)c(NCC4CC=CS4)n3)c2cc1OC. The molecule has 1 unspecified atom stereocenters. The van der Waals surface area contributed by atoms with Crippen LogP contribution in [0.3, 0.4) is 0 Å². The Labute approximate surface area is 172 Å². The highest BCUT2D eigenvalue weighted by molar-refractivity contribution is 8.03. The first-order valence-electron chi connectivity index (χ1n) is 9.05. The van der Waals surface area contributed by atoms with E-state index in [4.69, 9.17) is 15.2 Å². The van der Waals surface area contributed by atoms with Gasteiger partial charge in [-0.05, 0) is 24.0 Å². The zero-order valence-electron chi connectivity index (χ0n) is 16.1. The highest BCUT2D eigenvalue weighted by Gasteiger charge is 2.17. The number of hydrogen-bond acceptors (Lipinski definition) is 7. The van der Waals surface area contributed by atoms with Gasteiger partial charge in [0.15, 0.2) is 11.5 Å². The summed E-state index contributed by atoms with van der Waals surface area (Å²) in [6.07, 6.45) is 4.79. The average Bonchev–Trinajstić information content (AvgIpc) is 3.40. The minimum atomic E-state index is -0.523. The van der Waals surface area contributed by atoms with Crippen molar-refractivity contribution in [1.82, 2.24) is 14.5 Å². The molecule has 3 heterocycles. The number of nitrogens with one attached hydrogen (secondary N) is 1. The van der Waals surface area contributed by atoms with Crippen LogP contribution in [-0.4, -0.2) is 46.5 Å². The summed E-state index contributed by atoms with van der Waals surface area (Å²) >= 11 is 1.76. The highest BCUT2D eigenvalue weighted by Crippen LogP contribution is 2.32. The molecule has 9 heteroatoms. The summed E-state index contributed by atoms with van der Waals surface area (Å²) in [5, 5.41) is 5.77. The van der Waals surface area contributed by atoms with Crippen molar-refractivity contribution < 1.29 is 14.3 Å². The number of methoxy groups -OCH3 is 2. The third-order valence-electron chi connectivity index (χ3n) is 4.71. The third-order valence-corrected chi connectivity index (χ3v) is 5.80. The summed E-state index contributed by atoms with van der Waals surface area (Å²) in [5.41, 5.74) is 7.45. The maximum Gasteiger partial charge on any atom is 0.252 e. The smallest absolute Gasteiger partial charge is 0.252 e. The molecule has 4 rings (SSSR count). The fraction of sp³-hybridized carbons (Fsp3) is 0.250. The molecule has 3 N–H and O–H groups in total. The van der Waals surface area contributed by atoms with Gasteiger partial charge in [0.25, 0.3) is 5.91 Å². The summed E-state index contributed by atoms with van der Waals surface area (Å²) in [6, 6.07) is 7.08.